The first-order valence-corrected chi connectivity index (χ1v) is 8.20. The number of nitrogens with one attached hydrogen (secondary N) is 2. The van der Waals surface area contributed by atoms with Gasteiger partial charge in [-0.3, -0.25) is 4.57 Å². The molecule has 1 heterocycles. The topological polar surface area (TPSA) is 49.8 Å². The fourth-order valence-corrected chi connectivity index (χ4v) is 3.25. The molecule has 0 unspecified atom stereocenters. The summed E-state index contributed by atoms with van der Waals surface area (Å²) in [6.45, 7) is 3.41. The van der Waals surface area contributed by atoms with Crippen LogP contribution in [0.4, 0.5) is 5.69 Å². The molecule has 0 atom stereocenters. The second-order valence-corrected chi connectivity index (χ2v) is 5.87. The third kappa shape index (κ3) is 2.36. The van der Waals surface area contributed by atoms with Crippen molar-refractivity contribution < 1.29 is 0 Å². The summed E-state index contributed by atoms with van der Waals surface area (Å²) >= 11 is 0. The van der Waals surface area contributed by atoms with E-state index < -0.39 is 0 Å². The van der Waals surface area contributed by atoms with Crippen molar-refractivity contribution in [1.29, 1.82) is 0 Å². The van der Waals surface area contributed by atoms with E-state index in [1.807, 2.05) is 37.3 Å². The van der Waals surface area contributed by atoms with E-state index in [9.17, 15) is 4.79 Å². The number of benzene rings is 3. The summed E-state index contributed by atoms with van der Waals surface area (Å²) < 4.78 is 1.76. The van der Waals surface area contributed by atoms with Gasteiger partial charge in [0, 0.05) is 29.5 Å². The van der Waals surface area contributed by atoms with Crippen molar-refractivity contribution >= 4 is 27.5 Å². The fraction of sp³-hybridized carbons (Fsp3) is 0.150. The molecule has 0 aliphatic carbocycles. The normalized spacial score (nSPS) is 11.2. The van der Waals surface area contributed by atoms with Crippen LogP contribution in [0, 0.1) is 0 Å². The largest absolute Gasteiger partial charge is 0.380 e. The van der Waals surface area contributed by atoms with Gasteiger partial charge in [-0.2, -0.15) is 0 Å². The van der Waals surface area contributed by atoms with Crippen LogP contribution in [0.1, 0.15) is 12.5 Å². The molecular formula is C20H19N3O. The smallest absolute Gasteiger partial charge is 0.326 e. The molecule has 0 spiro atoms. The van der Waals surface area contributed by atoms with Gasteiger partial charge in [-0.25, -0.2) is 4.79 Å². The first-order chi connectivity index (χ1) is 11.8. The summed E-state index contributed by atoms with van der Waals surface area (Å²) in [6, 6.07) is 20.6. The van der Waals surface area contributed by atoms with Crippen LogP contribution in [0.3, 0.4) is 0 Å². The van der Waals surface area contributed by atoms with Gasteiger partial charge >= 0.3 is 5.69 Å². The number of aromatic amines is 1. The molecule has 4 aromatic rings. The van der Waals surface area contributed by atoms with Crippen molar-refractivity contribution in [2.24, 2.45) is 0 Å². The highest BCUT2D eigenvalue weighted by Gasteiger charge is 2.10. The van der Waals surface area contributed by atoms with E-state index in [1.165, 1.54) is 5.56 Å². The second kappa shape index (κ2) is 5.89. The van der Waals surface area contributed by atoms with E-state index in [0.717, 1.165) is 34.0 Å². The average Bonchev–Trinajstić information content (AvgIpc) is 2.96. The molecule has 0 saturated carbocycles. The molecule has 0 amide bonds. The van der Waals surface area contributed by atoms with Crippen LogP contribution in [0.2, 0.25) is 0 Å². The summed E-state index contributed by atoms with van der Waals surface area (Å²) in [4.78, 5) is 15.1. The monoisotopic (exact) mass is 317 g/mol. The van der Waals surface area contributed by atoms with Gasteiger partial charge in [-0.05, 0) is 24.6 Å². The summed E-state index contributed by atoms with van der Waals surface area (Å²) in [5.74, 6) is 0. The van der Waals surface area contributed by atoms with Crippen LogP contribution in [-0.2, 0) is 13.1 Å². The van der Waals surface area contributed by atoms with Crippen molar-refractivity contribution in [3.8, 4) is 0 Å². The number of nitrogens with zero attached hydrogens (tertiary/aromatic N) is 1. The minimum Gasteiger partial charge on any atom is -0.380 e. The molecule has 0 bridgehead atoms. The van der Waals surface area contributed by atoms with Gasteiger partial charge in [0.25, 0.3) is 0 Å². The summed E-state index contributed by atoms with van der Waals surface area (Å²) in [6.07, 6.45) is 0. The molecule has 1 aromatic heterocycles. The van der Waals surface area contributed by atoms with Crippen molar-refractivity contribution in [2.75, 3.05) is 5.32 Å². The highest BCUT2D eigenvalue weighted by Crippen LogP contribution is 2.29. The van der Waals surface area contributed by atoms with E-state index >= 15 is 0 Å². The number of fused-ring (bicyclic) bond motifs is 3. The van der Waals surface area contributed by atoms with Gasteiger partial charge in [0.15, 0.2) is 0 Å². The molecule has 120 valence electrons. The van der Waals surface area contributed by atoms with Gasteiger partial charge in [-0.15, -0.1) is 0 Å². The number of imidazole rings is 1. The molecule has 3 aromatic carbocycles. The molecule has 2 N–H and O–H groups in total. The number of aryl methyl sites for hydroxylation is 1. The highest BCUT2D eigenvalue weighted by molar-refractivity contribution is 6.08. The number of aromatic nitrogens is 2. The standard InChI is InChI=1S/C20H19N3O/c1-2-23-18-12-11-15-16(19(18)22-20(23)24)9-6-10-17(15)21-13-14-7-4-3-5-8-14/h3-12,21H,2,13H2,1H3,(H,22,24). The summed E-state index contributed by atoms with van der Waals surface area (Å²) in [7, 11) is 0. The molecule has 4 rings (SSSR count). The number of rotatable bonds is 4. The minimum atomic E-state index is -0.0531. The molecule has 0 fully saturated rings. The van der Waals surface area contributed by atoms with Gasteiger partial charge in [0.1, 0.15) is 0 Å². The van der Waals surface area contributed by atoms with Crippen LogP contribution in [0.25, 0.3) is 21.8 Å². The molecule has 4 nitrogen and oxygen atoms in total. The maximum absolute atomic E-state index is 12.1. The van der Waals surface area contributed by atoms with E-state index in [-0.39, 0.29) is 5.69 Å². The van der Waals surface area contributed by atoms with E-state index in [4.69, 9.17) is 0 Å². The van der Waals surface area contributed by atoms with Gasteiger partial charge in [0.2, 0.25) is 0 Å². The Balaban J connectivity index is 1.80. The lowest BCUT2D eigenvalue weighted by Gasteiger charge is -2.11. The number of hydrogen-bond donors (Lipinski definition) is 2. The Morgan fingerprint density at radius 2 is 1.79 bits per heavy atom. The van der Waals surface area contributed by atoms with E-state index in [2.05, 4.69) is 40.6 Å². The quantitative estimate of drug-likeness (QED) is 0.595. The minimum absolute atomic E-state index is 0.0531. The summed E-state index contributed by atoms with van der Waals surface area (Å²) in [5.41, 5.74) is 4.12. The van der Waals surface area contributed by atoms with Crippen LogP contribution in [0.5, 0.6) is 0 Å². The van der Waals surface area contributed by atoms with Gasteiger partial charge < -0.3 is 10.3 Å². The molecule has 4 heteroatoms. The van der Waals surface area contributed by atoms with Gasteiger partial charge in [0.05, 0.1) is 11.0 Å². The Hall–Kier alpha value is -3.01. The Labute approximate surface area is 139 Å². The zero-order valence-electron chi connectivity index (χ0n) is 13.5. The number of anilines is 1. The van der Waals surface area contributed by atoms with Crippen molar-refractivity contribution in [2.45, 2.75) is 20.0 Å². The highest BCUT2D eigenvalue weighted by atomic mass is 16.1. The van der Waals surface area contributed by atoms with Crippen LogP contribution >= 0.6 is 0 Å². The maximum atomic E-state index is 12.1. The lowest BCUT2D eigenvalue weighted by Crippen LogP contribution is -2.14. The Bertz CT molecular complexity index is 1060. The molecule has 0 radical (unpaired) electrons. The fourth-order valence-electron chi connectivity index (χ4n) is 3.25. The third-order valence-corrected chi connectivity index (χ3v) is 4.45. The predicted octanol–water partition coefficient (Wildman–Crippen LogP) is 4.11. The average molecular weight is 317 g/mol. The van der Waals surface area contributed by atoms with Crippen LogP contribution < -0.4 is 11.0 Å². The number of hydrogen-bond acceptors (Lipinski definition) is 2. The first-order valence-electron chi connectivity index (χ1n) is 8.20. The zero-order valence-corrected chi connectivity index (χ0v) is 13.5. The first kappa shape index (κ1) is 14.6. The lowest BCUT2D eigenvalue weighted by atomic mass is 10.1. The van der Waals surface area contributed by atoms with Gasteiger partial charge in [-0.1, -0.05) is 48.5 Å². The molecule has 0 saturated heterocycles. The predicted molar refractivity (Wildman–Crippen MR) is 99.5 cm³/mol. The van der Waals surface area contributed by atoms with Crippen LogP contribution in [-0.4, -0.2) is 9.55 Å². The Morgan fingerprint density at radius 3 is 2.58 bits per heavy atom. The second-order valence-electron chi connectivity index (χ2n) is 5.87. The van der Waals surface area contributed by atoms with E-state index in [0.29, 0.717) is 6.54 Å². The molecule has 0 aliphatic rings. The third-order valence-electron chi connectivity index (χ3n) is 4.45. The van der Waals surface area contributed by atoms with Crippen LogP contribution in [0.15, 0.2) is 65.5 Å². The number of H-pyrrole nitrogens is 1. The zero-order chi connectivity index (χ0) is 16.5. The summed E-state index contributed by atoms with van der Waals surface area (Å²) in [5, 5.41) is 5.69. The Morgan fingerprint density at radius 1 is 0.958 bits per heavy atom. The molecular weight excluding hydrogens is 298 g/mol. The maximum Gasteiger partial charge on any atom is 0.326 e. The molecule has 24 heavy (non-hydrogen) atoms. The Kier molecular flexibility index (Phi) is 3.58. The van der Waals surface area contributed by atoms with Crippen molar-refractivity contribution in [3.63, 3.8) is 0 Å². The SMILES string of the molecule is CCn1c(=O)[nH]c2c3cccc(NCc4ccccc4)c3ccc21. The van der Waals surface area contributed by atoms with E-state index in [1.54, 1.807) is 4.57 Å². The van der Waals surface area contributed by atoms with Crippen molar-refractivity contribution in [1.82, 2.24) is 9.55 Å². The van der Waals surface area contributed by atoms with Crippen molar-refractivity contribution in [3.05, 3.63) is 76.7 Å². The lowest BCUT2D eigenvalue weighted by molar-refractivity contribution is 0.753. The molecule has 0 aliphatic heterocycles.